The van der Waals surface area contributed by atoms with Gasteiger partial charge in [0.2, 0.25) is 5.91 Å². The number of ether oxygens (including phenoxy) is 1. The molecule has 8 heteroatoms. The van der Waals surface area contributed by atoms with Gasteiger partial charge in [-0.3, -0.25) is 9.59 Å². The molecule has 3 rings (SSSR count). The van der Waals surface area contributed by atoms with Crippen molar-refractivity contribution in [1.29, 1.82) is 0 Å². The van der Waals surface area contributed by atoms with E-state index in [4.69, 9.17) is 4.74 Å². The van der Waals surface area contributed by atoms with Crippen molar-refractivity contribution < 1.29 is 24.2 Å². The summed E-state index contributed by atoms with van der Waals surface area (Å²) in [5.41, 5.74) is 1.60. The maximum absolute atomic E-state index is 12.5. The highest BCUT2D eigenvalue weighted by Gasteiger charge is 2.42. The zero-order valence-electron chi connectivity index (χ0n) is 15.7. The molecule has 1 aromatic rings. The molecule has 0 saturated carbocycles. The molecule has 1 aromatic carbocycles. The average molecular weight is 375 g/mol. The number of nitrogens with zero attached hydrogens (tertiary/aromatic N) is 2. The Morgan fingerprint density at radius 3 is 2.78 bits per heavy atom. The van der Waals surface area contributed by atoms with E-state index >= 15 is 0 Å². The lowest BCUT2D eigenvalue weighted by molar-refractivity contribution is -0.147. The number of nitrogens with one attached hydrogen (secondary N) is 1. The number of likely N-dealkylation sites (tertiary alicyclic amines) is 1. The Bertz CT molecular complexity index is 766. The Morgan fingerprint density at radius 2 is 2.11 bits per heavy atom. The number of methoxy groups -OCH3 is 1. The fourth-order valence-corrected chi connectivity index (χ4v) is 3.58. The highest BCUT2D eigenvalue weighted by molar-refractivity contribution is 5.97. The van der Waals surface area contributed by atoms with Crippen LogP contribution in [-0.4, -0.2) is 61.3 Å². The molecule has 27 heavy (non-hydrogen) atoms. The Hall–Kier alpha value is -2.61. The van der Waals surface area contributed by atoms with Gasteiger partial charge in [-0.1, -0.05) is 0 Å². The maximum Gasteiger partial charge on any atom is 0.321 e. The number of fused-ring (bicyclic) bond motifs is 1. The van der Waals surface area contributed by atoms with E-state index in [1.54, 1.807) is 25.0 Å². The van der Waals surface area contributed by atoms with E-state index in [1.807, 2.05) is 12.1 Å². The molecule has 8 nitrogen and oxygen atoms in total. The van der Waals surface area contributed by atoms with E-state index in [0.717, 1.165) is 11.3 Å². The minimum Gasteiger partial charge on any atom is -0.481 e. The molecule has 2 heterocycles. The van der Waals surface area contributed by atoms with Gasteiger partial charge in [0.15, 0.2) is 0 Å². The van der Waals surface area contributed by atoms with Crippen molar-refractivity contribution >= 4 is 29.3 Å². The number of hydrogen-bond donors (Lipinski definition) is 2. The van der Waals surface area contributed by atoms with E-state index in [9.17, 15) is 19.5 Å². The molecule has 0 aliphatic carbocycles. The standard InChI is InChI=1S/C19H25N3O5/c1-19(17(24)25)7-8-21(12-19)18(26)20-14-4-5-15-13(11-14)3-6-16(23)22(15)9-10-27-2/h4-5,11H,3,6-10,12H2,1-2H3,(H,20,26)(H,24,25). The maximum atomic E-state index is 12.5. The van der Waals surface area contributed by atoms with Gasteiger partial charge < -0.3 is 25.0 Å². The summed E-state index contributed by atoms with van der Waals surface area (Å²) in [6.07, 6.45) is 1.50. The lowest BCUT2D eigenvalue weighted by Gasteiger charge is -2.29. The van der Waals surface area contributed by atoms with Crippen molar-refractivity contribution in [3.63, 3.8) is 0 Å². The second-order valence-corrected chi connectivity index (χ2v) is 7.35. The number of carboxylic acid groups (broad SMARTS) is 1. The van der Waals surface area contributed by atoms with Crippen LogP contribution in [0.25, 0.3) is 0 Å². The molecular weight excluding hydrogens is 350 g/mol. The van der Waals surface area contributed by atoms with E-state index in [2.05, 4.69) is 5.32 Å². The van der Waals surface area contributed by atoms with Gasteiger partial charge >= 0.3 is 12.0 Å². The quantitative estimate of drug-likeness (QED) is 0.819. The van der Waals surface area contributed by atoms with Gasteiger partial charge in [0.05, 0.1) is 12.0 Å². The third-order valence-electron chi connectivity index (χ3n) is 5.33. The predicted molar refractivity (Wildman–Crippen MR) is 99.9 cm³/mol. The van der Waals surface area contributed by atoms with Gasteiger partial charge in [-0.2, -0.15) is 0 Å². The van der Waals surface area contributed by atoms with E-state index in [-0.39, 0.29) is 18.5 Å². The molecular formula is C19H25N3O5. The molecule has 1 unspecified atom stereocenters. The Kier molecular flexibility index (Phi) is 5.36. The molecule has 0 spiro atoms. The first-order chi connectivity index (χ1) is 12.8. The first-order valence-electron chi connectivity index (χ1n) is 9.05. The lowest BCUT2D eigenvalue weighted by atomic mass is 9.90. The summed E-state index contributed by atoms with van der Waals surface area (Å²) in [7, 11) is 1.60. The monoisotopic (exact) mass is 375 g/mol. The van der Waals surface area contributed by atoms with Crippen LogP contribution in [0.4, 0.5) is 16.2 Å². The highest BCUT2D eigenvalue weighted by Crippen LogP contribution is 2.32. The molecule has 2 N–H and O–H groups in total. The highest BCUT2D eigenvalue weighted by atomic mass is 16.5. The second-order valence-electron chi connectivity index (χ2n) is 7.35. The van der Waals surface area contributed by atoms with Crippen LogP contribution in [0.2, 0.25) is 0 Å². The number of hydrogen-bond acceptors (Lipinski definition) is 4. The number of urea groups is 1. The second kappa shape index (κ2) is 7.56. The number of benzene rings is 1. The normalized spacial score (nSPS) is 21.9. The van der Waals surface area contributed by atoms with Crippen molar-refractivity contribution in [2.24, 2.45) is 5.41 Å². The molecule has 3 amide bonds. The van der Waals surface area contributed by atoms with Gasteiger partial charge in [0, 0.05) is 44.5 Å². The molecule has 1 atom stereocenters. The number of amides is 3. The zero-order valence-corrected chi connectivity index (χ0v) is 15.7. The zero-order chi connectivity index (χ0) is 19.6. The minimum absolute atomic E-state index is 0.0707. The topological polar surface area (TPSA) is 99.2 Å². The first-order valence-corrected chi connectivity index (χ1v) is 9.05. The molecule has 0 radical (unpaired) electrons. The van der Waals surface area contributed by atoms with Crippen LogP contribution in [0.15, 0.2) is 18.2 Å². The van der Waals surface area contributed by atoms with Crippen molar-refractivity contribution in [2.45, 2.75) is 26.2 Å². The van der Waals surface area contributed by atoms with E-state index in [1.165, 1.54) is 4.90 Å². The van der Waals surface area contributed by atoms with Crippen LogP contribution in [0.3, 0.4) is 0 Å². The molecule has 0 aromatic heterocycles. The van der Waals surface area contributed by atoms with Crippen molar-refractivity contribution in [2.75, 3.05) is 43.6 Å². The van der Waals surface area contributed by atoms with Crippen LogP contribution in [0, 0.1) is 5.41 Å². The number of anilines is 2. The Morgan fingerprint density at radius 1 is 1.33 bits per heavy atom. The van der Waals surface area contributed by atoms with Gasteiger partial charge in [-0.05, 0) is 43.5 Å². The fraction of sp³-hybridized carbons (Fsp3) is 0.526. The molecule has 146 valence electrons. The molecule has 1 fully saturated rings. The summed E-state index contributed by atoms with van der Waals surface area (Å²) < 4.78 is 5.08. The Labute approximate surface area is 158 Å². The number of aliphatic carboxylic acids is 1. The van der Waals surface area contributed by atoms with Crippen LogP contribution in [0.1, 0.15) is 25.3 Å². The van der Waals surface area contributed by atoms with E-state index in [0.29, 0.717) is 44.6 Å². The van der Waals surface area contributed by atoms with Crippen LogP contribution < -0.4 is 10.2 Å². The van der Waals surface area contributed by atoms with Crippen LogP contribution >= 0.6 is 0 Å². The number of carbonyl (C=O) groups is 3. The van der Waals surface area contributed by atoms with Crippen LogP contribution in [-0.2, 0) is 20.7 Å². The predicted octanol–water partition coefficient (Wildman–Crippen LogP) is 1.94. The number of carbonyl (C=O) groups excluding carboxylic acids is 2. The smallest absolute Gasteiger partial charge is 0.321 e. The SMILES string of the molecule is COCCN1C(=O)CCc2cc(NC(=O)N3CCC(C)(C(=O)O)C3)ccc21. The summed E-state index contributed by atoms with van der Waals surface area (Å²) >= 11 is 0. The first kappa shape index (κ1) is 19.2. The number of carboxylic acids is 1. The number of rotatable bonds is 5. The number of aryl methyl sites for hydroxylation is 1. The summed E-state index contributed by atoms with van der Waals surface area (Å²) in [5.74, 6) is -0.811. The molecule has 2 aliphatic heterocycles. The summed E-state index contributed by atoms with van der Waals surface area (Å²) in [4.78, 5) is 39.2. The molecule has 0 bridgehead atoms. The summed E-state index contributed by atoms with van der Waals surface area (Å²) in [6, 6.07) is 5.18. The molecule has 1 saturated heterocycles. The minimum atomic E-state index is -0.893. The van der Waals surface area contributed by atoms with Gasteiger partial charge in [0.25, 0.3) is 0 Å². The molecule has 2 aliphatic rings. The van der Waals surface area contributed by atoms with Crippen molar-refractivity contribution in [1.82, 2.24) is 4.90 Å². The summed E-state index contributed by atoms with van der Waals surface area (Å²) in [5, 5.41) is 12.1. The largest absolute Gasteiger partial charge is 0.481 e. The third-order valence-corrected chi connectivity index (χ3v) is 5.33. The van der Waals surface area contributed by atoms with Crippen molar-refractivity contribution in [3.8, 4) is 0 Å². The van der Waals surface area contributed by atoms with E-state index < -0.39 is 11.4 Å². The fourth-order valence-electron chi connectivity index (χ4n) is 3.58. The van der Waals surface area contributed by atoms with Gasteiger partial charge in [-0.15, -0.1) is 0 Å². The van der Waals surface area contributed by atoms with Crippen LogP contribution in [0.5, 0.6) is 0 Å². The Balaban J connectivity index is 1.70. The third kappa shape index (κ3) is 3.90. The average Bonchev–Trinajstić information content (AvgIpc) is 3.05. The lowest BCUT2D eigenvalue weighted by Crippen LogP contribution is -2.38. The van der Waals surface area contributed by atoms with Gasteiger partial charge in [-0.25, -0.2) is 4.79 Å². The summed E-state index contributed by atoms with van der Waals surface area (Å²) in [6.45, 7) is 3.22. The van der Waals surface area contributed by atoms with Gasteiger partial charge in [0.1, 0.15) is 0 Å². The van der Waals surface area contributed by atoms with Crippen molar-refractivity contribution in [3.05, 3.63) is 23.8 Å².